The molecule has 0 aromatic carbocycles. The third kappa shape index (κ3) is 33.3. The molecule has 1 amide bonds. The van der Waals surface area contributed by atoms with Gasteiger partial charge in [-0.25, -0.2) is 0 Å². The van der Waals surface area contributed by atoms with Gasteiger partial charge in [-0.15, -0.1) is 0 Å². The number of hydrogen-bond acceptors (Lipinski definition) is 6. The van der Waals surface area contributed by atoms with Crippen molar-refractivity contribution in [2.75, 3.05) is 58.9 Å². The van der Waals surface area contributed by atoms with Crippen molar-refractivity contribution in [3.05, 3.63) is 11.6 Å². The molecule has 0 saturated heterocycles. The van der Waals surface area contributed by atoms with Gasteiger partial charge in [0, 0.05) is 6.54 Å². The monoisotopic (exact) mass is 470 g/mol. The largest absolute Gasteiger partial charge is 0.355 e. The summed E-state index contributed by atoms with van der Waals surface area (Å²) in [4.78, 5) is 10.8. The minimum atomic E-state index is -0.0847. The first-order chi connectivity index (χ1) is 16.0. The molecular weight excluding hydrogens is 412 g/mol. The van der Waals surface area contributed by atoms with Gasteiger partial charge in [-0.05, 0) is 117 Å². The maximum Gasteiger partial charge on any atom is 0.233 e. The molecule has 0 rings (SSSR count). The molecule has 0 aliphatic heterocycles. The smallest absolute Gasteiger partial charge is 0.233 e. The van der Waals surface area contributed by atoms with Crippen LogP contribution in [-0.2, 0) is 4.79 Å². The lowest BCUT2D eigenvalue weighted by Gasteiger charge is -2.10. The predicted molar refractivity (Wildman–Crippen MR) is 146 cm³/mol. The lowest BCUT2D eigenvalue weighted by Crippen LogP contribution is -2.32. The van der Waals surface area contributed by atoms with Gasteiger partial charge in [-0.2, -0.15) is 0 Å². The third-order valence-corrected chi connectivity index (χ3v) is 5.29. The van der Waals surface area contributed by atoms with Crippen LogP contribution in [0.4, 0.5) is 0 Å². The Bertz CT molecular complexity index is 427. The van der Waals surface area contributed by atoms with Crippen LogP contribution in [0.1, 0.15) is 85.5 Å². The van der Waals surface area contributed by atoms with Crippen LogP contribution in [0.3, 0.4) is 0 Å². The van der Waals surface area contributed by atoms with Gasteiger partial charge in [0.05, 0.1) is 6.54 Å². The summed E-state index contributed by atoms with van der Waals surface area (Å²) >= 11 is 0. The zero-order valence-corrected chi connectivity index (χ0v) is 22.4. The molecule has 0 aliphatic carbocycles. The number of allylic oxidation sites excluding steroid dienone is 2. The summed E-state index contributed by atoms with van der Waals surface area (Å²) in [5.41, 5.74) is 12.0. The van der Waals surface area contributed by atoms with Crippen LogP contribution in [0.15, 0.2) is 11.6 Å². The summed E-state index contributed by atoms with van der Waals surface area (Å²) in [5.74, 6) is 0.772. The number of carbonyl (C=O) groups excluding carboxylic acids is 1. The topological polar surface area (TPSA) is 117 Å². The minimum Gasteiger partial charge on any atom is -0.355 e. The molecule has 0 saturated carbocycles. The highest BCUT2D eigenvalue weighted by Crippen LogP contribution is 2.10. The molecule has 0 fully saturated rings. The van der Waals surface area contributed by atoms with Crippen LogP contribution < -0.4 is 32.7 Å². The fourth-order valence-electron chi connectivity index (χ4n) is 3.07. The fraction of sp³-hybridized carbons (Fsp3) is 0.885. The van der Waals surface area contributed by atoms with Gasteiger partial charge in [0.15, 0.2) is 0 Å². The number of amides is 1. The molecule has 7 heteroatoms. The Kier molecular flexibility index (Phi) is 30.1. The maximum absolute atomic E-state index is 10.8. The number of unbranched alkanes of at least 4 members (excludes halogenated alkanes) is 2. The van der Waals surface area contributed by atoms with Crippen molar-refractivity contribution >= 4 is 5.91 Å². The van der Waals surface area contributed by atoms with Crippen LogP contribution in [0.2, 0.25) is 0 Å². The molecular formula is C26H58N6O. The Morgan fingerprint density at radius 3 is 1.94 bits per heavy atom. The highest BCUT2D eigenvalue weighted by molar-refractivity contribution is 5.77. The first-order valence-electron chi connectivity index (χ1n) is 13.4. The molecule has 7 nitrogen and oxygen atoms in total. The standard InChI is InChI=1S/C14H29N.C12H29N5O/c1-5-6-11-15-12-10-14(4)9-7-8-13(2)3;13-5-3-8-15-6-1-2-7-16-9-4-10-17-12(18)11-14/h8,14-15H,5-7,9-12H2,1-4H3;15-16H,1-11,13-14H2,(H,17,18). The van der Waals surface area contributed by atoms with Crippen LogP contribution in [0.5, 0.6) is 0 Å². The van der Waals surface area contributed by atoms with E-state index in [-0.39, 0.29) is 12.5 Å². The quantitative estimate of drug-likeness (QED) is 0.107. The molecule has 0 radical (unpaired) electrons. The molecule has 1 atom stereocenters. The first-order valence-corrected chi connectivity index (χ1v) is 13.4. The van der Waals surface area contributed by atoms with E-state index in [2.05, 4.69) is 55.0 Å². The van der Waals surface area contributed by atoms with Crippen LogP contribution in [0.25, 0.3) is 0 Å². The van der Waals surface area contributed by atoms with E-state index in [0.29, 0.717) is 6.54 Å². The molecule has 0 aliphatic rings. The molecule has 8 N–H and O–H groups in total. The molecule has 0 aromatic rings. The molecule has 1 unspecified atom stereocenters. The van der Waals surface area contributed by atoms with E-state index < -0.39 is 0 Å². The summed E-state index contributed by atoms with van der Waals surface area (Å²) in [6.45, 7) is 16.9. The second-order valence-electron chi connectivity index (χ2n) is 9.11. The zero-order chi connectivity index (χ0) is 25.0. The Morgan fingerprint density at radius 2 is 1.36 bits per heavy atom. The average Bonchev–Trinajstić information content (AvgIpc) is 2.79. The van der Waals surface area contributed by atoms with Crippen molar-refractivity contribution in [1.82, 2.24) is 21.3 Å². The van der Waals surface area contributed by atoms with E-state index in [1.165, 1.54) is 63.6 Å². The first kappa shape index (κ1) is 34.2. The minimum absolute atomic E-state index is 0.0740. The van der Waals surface area contributed by atoms with Crippen molar-refractivity contribution in [3.8, 4) is 0 Å². The van der Waals surface area contributed by atoms with E-state index in [1.807, 2.05) is 0 Å². The number of nitrogens with two attached hydrogens (primary N) is 2. The van der Waals surface area contributed by atoms with E-state index in [0.717, 1.165) is 51.5 Å². The van der Waals surface area contributed by atoms with Crippen molar-refractivity contribution in [1.29, 1.82) is 0 Å². The molecule has 0 heterocycles. The van der Waals surface area contributed by atoms with Crippen LogP contribution >= 0.6 is 0 Å². The number of rotatable bonds is 22. The molecule has 0 bridgehead atoms. The predicted octanol–water partition coefficient (Wildman–Crippen LogP) is 2.91. The second kappa shape index (κ2) is 29.0. The summed E-state index contributed by atoms with van der Waals surface area (Å²) in [7, 11) is 0. The van der Waals surface area contributed by atoms with Gasteiger partial charge in [-0.3, -0.25) is 4.79 Å². The van der Waals surface area contributed by atoms with Crippen LogP contribution in [-0.4, -0.2) is 64.8 Å². The van der Waals surface area contributed by atoms with Crippen molar-refractivity contribution in [2.45, 2.75) is 85.5 Å². The van der Waals surface area contributed by atoms with Gasteiger partial charge in [-0.1, -0.05) is 31.9 Å². The Morgan fingerprint density at radius 1 is 0.788 bits per heavy atom. The highest BCUT2D eigenvalue weighted by Gasteiger charge is 2.00. The molecule has 0 spiro atoms. The summed E-state index contributed by atoms with van der Waals surface area (Å²) in [6, 6.07) is 0. The number of nitrogens with one attached hydrogen (secondary N) is 4. The Labute approximate surface area is 205 Å². The average molecular weight is 471 g/mol. The summed E-state index contributed by atoms with van der Waals surface area (Å²) in [5, 5.41) is 12.9. The fourth-order valence-corrected chi connectivity index (χ4v) is 3.07. The summed E-state index contributed by atoms with van der Waals surface area (Å²) < 4.78 is 0. The molecule has 33 heavy (non-hydrogen) atoms. The lowest BCUT2D eigenvalue weighted by atomic mass is 10.0. The van der Waals surface area contributed by atoms with E-state index in [1.54, 1.807) is 0 Å². The highest BCUT2D eigenvalue weighted by atomic mass is 16.1. The van der Waals surface area contributed by atoms with Gasteiger partial charge < -0.3 is 32.7 Å². The number of carbonyl (C=O) groups is 1. The summed E-state index contributed by atoms with van der Waals surface area (Å²) in [6.07, 6.45) is 13.2. The van der Waals surface area contributed by atoms with Crippen molar-refractivity contribution in [3.63, 3.8) is 0 Å². The Balaban J connectivity index is 0. The van der Waals surface area contributed by atoms with Gasteiger partial charge in [0.1, 0.15) is 0 Å². The van der Waals surface area contributed by atoms with E-state index in [9.17, 15) is 4.79 Å². The van der Waals surface area contributed by atoms with Crippen molar-refractivity contribution < 1.29 is 4.79 Å². The van der Waals surface area contributed by atoms with Gasteiger partial charge in [0.2, 0.25) is 5.91 Å². The second-order valence-corrected chi connectivity index (χ2v) is 9.11. The van der Waals surface area contributed by atoms with Crippen LogP contribution in [0, 0.1) is 5.92 Å². The van der Waals surface area contributed by atoms with Gasteiger partial charge in [0.25, 0.3) is 0 Å². The maximum atomic E-state index is 10.8. The molecule has 198 valence electrons. The number of hydrogen-bond donors (Lipinski definition) is 6. The van der Waals surface area contributed by atoms with Gasteiger partial charge >= 0.3 is 0 Å². The normalized spacial score (nSPS) is 11.5. The zero-order valence-electron chi connectivity index (χ0n) is 22.4. The van der Waals surface area contributed by atoms with E-state index >= 15 is 0 Å². The van der Waals surface area contributed by atoms with Crippen molar-refractivity contribution in [2.24, 2.45) is 17.4 Å². The lowest BCUT2D eigenvalue weighted by molar-refractivity contribution is -0.119. The SMILES string of the molecule is CCCCNCCC(C)CCC=C(C)C.NCCCNCCCCNCCCNC(=O)CN. The van der Waals surface area contributed by atoms with E-state index in [4.69, 9.17) is 11.5 Å². The third-order valence-electron chi connectivity index (χ3n) is 5.29. The Hall–Kier alpha value is -0.990. The molecule has 0 aromatic heterocycles.